The van der Waals surface area contributed by atoms with E-state index in [9.17, 15) is 13.2 Å². The summed E-state index contributed by atoms with van der Waals surface area (Å²) in [6, 6.07) is 14.1. The molecule has 1 aliphatic rings. The molecule has 24 heavy (non-hydrogen) atoms. The summed E-state index contributed by atoms with van der Waals surface area (Å²) >= 11 is 0. The van der Waals surface area contributed by atoms with Crippen molar-refractivity contribution in [2.45, 2.75) is 17.9 Å². The van der Waals surface area contributed by atoms with E-state index in [2.05, 4.69) is 0 Å². The molecule has 5 nitrogen and oxygen atoms in total. The molecule has 2 aromatic carbocycles. The van der Waals surface area contributed by atoms with Crippen LogP contribution >= 0.6 is 0 Å². The zero-order valence-corrected chi connectivity index (χ0v) is 14.3. The molecule has 0 aromatic heterocycles. The van der Waals surface area contributed by atoms with Crippen LogP contribution in [0.3, 0.4) is 0 Å². The standard InChI is InChI=1S/C18H19NO4S/c1-23-16-7-4-8-17(11-16)24(21,22)13-18(20)19-10-9-14-5-2-3-6-15(14)12-19/h2-8,11H,9-10,12-13H2,1H3. The summed E-state index contributed by atoms with van der Waals surface area (Å²) in [5, 5.41) is 0. The Kier molecular flexibility index (Phi) is 4.57. The van der Waals surface area contributed by atoms with Crippen LogP contribution in [0.25, 0.3) is 0 Å². The first-order chi connectivity index (χ1) is 11.5. The van der Waals surface area contributed by atoms with Gasteiger partial charge in [-0.2, -0.15) is 0 Å². The summed E-state index contributed by atoms with van der Waals surface area (Å²) in [6.07, 6.45) is 0.751. The molecular weight excluding hydrogens is 326 g/mol. The van der Waals surface area contributed by atoms with Crippen LogP contribution in [0.5, 0.6) is 5.75 Å². The molecule has 0 atom stereocenters. The van der Waals surface area contributed by atoms with E-state index in [0.717, 1.165) is 12.0 Å². The highest BCUT2D eigenvalue weighted by atomic mass is 32.2. The van der Waals surface area contributed by atoms with Crippen LogP contribution in [0.1, 0.15) is 11.1 Å². The lowest BCUT2D eigenvalue weighted by Crippen LogP contribution is -2.39. The molecule has 0 radical (unpaired) electrons. The fourth-order valence-corrected chi connectivity index (χ4v) is 4.10. The van der Waals surface area contributed by atoms with E-state index in [-0.39, 0.29) is 10.8 Å². The molecule has 6 heteroatoms. The molecule has 0 spiro atoms. The highest BCUT2D eigenvalue weighted by Crippen LogP contribution is 2.21. The third-order valence-corrected chi connectivity index (χ3v) is 5.80. The number of methoxy groups -OCH3 is 1. The summed E-state index contributed by atoms with van der Waals surface area (Å²) in [7, 11) is -2.22. The number of rotatable bonds is 4. The van der Waals surface area contributed by atoms with Crippen molar-refractivity contribution in [3.8, 4) is 5.75 Å². The molecule has 3 rings (SSSR count). The molecule has 0 aliphatic carbocycles. The molecule has 0 unspecified atom stereocenters. The van der Waals surface area contributed by atoms with Gasteiger partial charge in [0, 0.05) is 13.1 Å². The van der Waals surface area contributed by atoms with Crippen LogP contribution in [-0.2, 0) is 27.6 Å². The lowest BCUT2D eigenvalue weighted by atomic mass is 10.00. The first-order valence-corrected chi connectivity index (χ1v) is 9.36. The smallest absolute Gasteiger partial charge is 0.238 e. The van der Waals surface area contributed by atoms with Crippen LogP contribution < -0.4 is 4.74 Å². The molecule has 126 valence electrons. The molecule has 2 aromatic rings. The Bertz CT molecular complexity index is 861. The van der Waals surface area contributed by atoms with E-state index in [1.807, 2.05) is 24.3 Å². The zero-order chi connectivity index (χ0) is 17.2. The Morgan fingerprint density at radius 2 is 1.88 bits per heavy atom. The highest BCUT2D eigenvalue weighted by Gasteiger charge is 2.26. The van der Waals surface area contributed by atoms with Crippen LogP contribution in [-0.4, -0.2) is 38.6 Å². The molecule has 0 saturated carbocycles. The van der Waals surface area contributed by atoms with Gasteiger partial charge in [0.25, 0.3) is 0 Å². The maximum absolute atomic E-state index is 12.5. The highest BCUT2D eigenvalue weighted by molar-refractivity contribution is 7.92. The summed E-state index contributed by atoms with van der Waals surface area (Å²) < 4.78 is 30.0. The first kappa shape index (κ1) is 16.5. The van der Waals surface area contributed by atoms with Crippen molar-refractivity contribution in [3.05, 3.63) is 59.7 Å². The van der Waals surface area contributed by atoms with Crippen molar-refractivity contribution in [1.29, 1.82) is 0 Å². The van der Waals surface area contributed by atoms with Gasteiger partial charge in [-0.25, -0.2) is 8.42 Å². The number of hydrogen-bond donors (Lipinski definition) is 0. The Balaban J connectivity index is 1.74. The van der Waals surface area contributed by atoms with Crippen molar-refractivity contribution in [2.75, 3.05) is 19.4 Å². The van der Waals surface area contributed by atoms with Gasteiger partial charge in [0.2, 0.25) is 5.91 Å². The summed E-state index contributed by atoms with van der Waals surface area (Å²) in [6.45, 7) is 1.01. The number of benzene rings is 2. The average Bonchev–Trinajstić information content (AvgIpc) is 2.61. The van der Waals surface area contributed by atoms with Gasteiger partial charge in [-0.3, -0.25) is 4.79 Å². The molecule has 0 N–H and O–H groups in total. The average molecular weight is 345 g/mol. The van der Waals surface area contributed by atoms with E-state index in [1.165, 1.54) is 24.8 Å². The Morgan fingerprint density at radius 3 is 2.62 bits per heavy atom. The predicted octanol–water partition coefficient (Wildman–Crippen LogP) is 2.05. The van der Waals surface area contributed by atoms with Gasteiger partial charge in [-0.05, 0) is 35.7 Å². The van der Waals surface area contributed by atoms with Gasteiger partial charge in [0.15, 0.2) is 9.84 Å². The minimum Gasteiger partial charge on any atom is -0.497 e. The van der Waals surface area contributed by atoms with Crippen molar-refractivity contribution < 1.29 is 17.9 Å². The molecule has 1 aliphatic heterocycles. The second kappa shape index (κ2) is 6.65. The number of fused-ring (bicyclic) bond motifs is 1. The number of sulfone groups is 1. The number of ether oxygens (including phenoxy) is 1. The van der Waals surface area contributed by atoms with Gasteiger partial charge in [0.1, 0.15) is 11.5 Å². The largest absolute Gasteiger partial charge is 0.497 e. The topological polar surface area (TPSA) is 63.7 Å². The lowest BCUT2D eigenvalue weighted by molar-refractivity contribution is -0.129. The van der Waals surface area contributed by atoms with E-state index in [4.69, 9.17) is 4.74 Å². The second-order valence-corrected chi connectivity index (χ2v) is 7.76. The number of carbonyl (C=O) groups is 1. The number of carbonyl (C=O) groups excluding carboxylic acids is 1. The van der Waals surface area contributed by atoms with Gasteiger partial charge < -0.3 is 9.64 Å². The number of hydrogen-bond acceptors (Lipinski definition) is 4. The van der Waals surface area contributed by atoms with Gasteiger partial charge >= 0.3 is 0 Å². The molecule has 1 heterocycles. The summed E-state index contributed by atoms with van der Waals surface area (Å²) in [4.78, 5) is 14.2. The van der Waals surface area contributed by atoms with Crippen molar-refractivity contribution >= 4 is 15.7 Å². The van der Waals surface area contributed by atoms with Crippen molar-refractivity contribution in [2.24, 2.45) is 0 Å². The van der Waals surface area contributed by atoms with Crippen LogP contribution in [0.2, 0.25) is 0 Å². The molecule has 0 bridgehead atoms. The van der Waals surface area contributed by atoms with E-state index in [1.54, 1.807) is 17.0 Å². The maximum Gasteiger partial charge on any atom is 0.238 e. The Hall–Kier alpha value is -2.34. The SMILES string of the molecule is COc1cccc(S(=O)(=O)CC(=O)N2CCc3ccccc3C2)c1. The third-order valence-electron chi connectivity index (χ3n) is 4.20. The fourth-order valence-electron chi connectivity index (χ4n) is 2.84. The fraction of sp³-hybridized carbons (Fsp3) is 0.278. The predicted molar refractivity (Wildman–Crippen MR) is 90.6 cm³/mol. The summed E-state index contributed by atoms with van der Waals surface area (Å²) in [5.41, 5.74) is 2.30. The third kappa shape index (κ3) is 3.43. The van der Waals surface area contributed by atoms with Crippen molar-refractivity contribution in [1.82, 2.24) is 4.90 Å². The first-order valence-electron chi connectivity index (χ1n) is 7.71. The lowest BCUT2D eigenvalue weighted by Gasteiger charge is -2.28. The van der Waals surface area contributed by atoms with Crippen molar-refractivity contribution in [3.63, 3.8) is 0 Å². The molecule has 0 fully saturated rings. The normalized spacial score (nSPS) is 14.1. The van der Waals surface area contributed by atoms with Gasteiger partial charge in [-0.1, -0.05) is 30.3 Å². The van der Waals surface area contributed by atoms with E-state index < -0.39 is 15.6 Å². The number of amides is 1. The second-order valence-electron chi connectivity index (χ2n) is 5.77. The maximum atomic E-state index is 12.5. The quantitative estimate of drug-likeness (QED) is 0.851. The van der Waals surface area contributed by atoms with Crippen LogP contribution in [0.4, 0.5) is 0 Å². The Labute approximate surface area is 141 Å². The molecule has 0 saturated heterocycles. The summed E-state index contributed by atoms with van der Waals surface area (Å²) in [5.74, 6) is -0.440. The van der Waals surface area contributed by atoms with Crippen LogP contribution in [0, 0.1) is 0 Å². The minimum atomic E-state index is -3.69. The van der Waals surface area contributed by atoms with E-state index >= 15 is 0 Å². The molecular formula is C18H19NO4S. The zero-order valence-electron chi connectivity index (χ0n) is 13.4. The van der Waals surface area contributed by atoms with E-state index in [0.29, 0.717) is 18.8 Å². The monoisotopic (exact) mass is 345 g/mol. The Morgan fingerprint density at radius 1 is 1.12 bits per heavy atom. The van der Waals surface area contributed by atoms with Gasteiger partial charge in [0.05, 0.1) is 12.0 Å². The minimum absolute atomic E-state index is 0.104. The number of nitrogens with zero attached hydrogens (tertiary/aromatic N) is 1. The van der Waals surface area contributed by atoms with Crippen LogP contribution in [0.15, 0.2) is 53.4 Å². The molecule has 1 amide bonds. The van der Waals surface area contributed by atoms with Gasteiger partial charge in [-0.15, -0.1) is 0 Å².